The zero-order valence-electron chi connectivity index (χ0n) is 12.2. The van der Waals surface area contributed by atoms with Crippen LogP contribution in [0.4, 0.5) is 0 Å². The highest BCUT2D eigenvalue weighted by Crippen LogP contribution is 2.25. The third kappa shape index (κ3) is 2.79. The maximum Gasteiger partial charge on any atom is 0.276 e. The van der Waals surface area contributed by atoms with Crippen LogP contribution in [-0.4, -0.2) is 39.0 Å². The van der Waals surface area contributed by atoms with Crippen LogP contribution < -0.4 is 0 Å². The van der Waals surface area contributed by atoms with E-state index < -0.39 is 0 Å². The lowest BCUT2D eigenvalue weighted by atomic mass is 10.1. The fourth-order valence-electron chi connectivity index (χ4n) is 2.56. The second kappa shape index (κ2) is 5.63. The van der Waals surface area contributed by atoms with Crippen LogP contribution in [0.1, 0.15) is 47.0 Å². The minimum Gasteiger partial charge on any atom is -0.361 e. The van der Waals surface area contributed by atoms with Gasteiger partial charge < -0.3 is 9.42 Å². The number of carbonyl (C=O) groups excluding carboxylic acids is 1. The first-order valence-electron chi connectivity index (χ1n) is 7.21. The predicted octanol–water partition coefficient (Wildman–Crippen LogP) is 1.97. The van der Waals surface area contributed by atoms with Crippen molar-refractivity contribution < 1.29 is 9.32 Å². The molecule has 0 aliphatic carbocycles. The van der Waals surface area contributed by atoms with Crippen molar-refractivity contribution in [3.8, 4) is 0 Å². The highest BCUT2D eigenvalue weighted by atomic mass is 16.5. The Hall–Kier alpha value is -2.24. The predicted molar refractivity (Wildman–Crippen MR) is 75.9 cm³/mol. The van der Waals surface area contributed by atoms with Crippen LogP contribution in [0.5, 0.6) is 0 Å². The summed E-state index contributed by atoms with van der Waals surface area (Å²) in [6, 6.07) is 3.60. The smallest absolute Gasteiger partial charge is 0.276 e. The molecule has 0 spiro atoms. The molecule has 0 bridgehead atoms. The first-order chi connectivity index (χ1) is 10.2. The lowest BCUT2D eigenvalue weighted by Crippen LogP contribution is -2.28. The minimum absolute atomic E-state index is 0.0754. The maximum atomic E-state index is 12.4. The largest absolute Gasteiger partial charge is 0.361 e. The summed E-state index contributed by atoms with van der Waals surface area (Å²) in [5, 5.41) is 3.85. The molecule has 21 heavy (non-hydrogen) atoms. The van der Waals surface area contributed by atoms with E-state index in [2.05, 4.69) is 15.1 Å². The molecular weight excluding hydrogens is 268 g/mol. The summed E-state index contributed by atoms with van der Waals surface area (Å²) in [4.78, 5) is 23.0. The highest BCUT2D eigenvalue weighted by molar-refractivity contribution is 5.92. The normalized spacial score (nSPS) is 18.2. The van der Waals surface area contributed by atoms with Crippen LogP contribution in [0.15, 0.2) is 22.9 Å². The summed E-state index contributed by atoms with van der Waals surface area (Å²) in [7, 11) is 0. The lowest BCUT2D eigenvalue weighted by molar-refractivity contribution is 0.0780. The molecule has 1 saturated heterocycles. The Bertz CT molecular complexity index is 653. The van der Waals surface area contributed by atoms with E-state index in [1.807, 2.05) is 19.9 Å². The molecule has 0 aromatic carbocycles. The summed E-state index contributed by atoms with van der Waals surface area (Å²) >= 11 is 0. The van der Waals surface area contributed by atoms with Gasteiger partial charge in [0.1, 0.15) is 11.6 Å². The number of carbonyl (C=O) groups is 1. The van der Waals surface area contributed by atoms with Gasteiger partial charge in [-0.15, -0.1) is 0 Å². The van der Waals surface area contributed by atoms with Crippen LogP contribution in [0.25, 0.3) is 0 Å². The van der Waals surface area contributed by atoms with Gasteiger partial charge in [0, 0.05) is 43.4 Å². The van der Waals surface area contributed by atoms with Gasteiger partial charge in [-0.3, -0.25) is 4.79 Å². The second-order valence-electron chi connectivity index (χ2n) is 5.33. The van der Waals surface area contributed by atoms with E-state index in [-0.39, 0.29) is 11.8 Å². The van der Waals surface area contributed by atoms with Crippen LogP contribution in [0, 0.1) is 6.92 Å². The molecule has 6 heteroatoms. The molecule has 3 rings (SSSR count). The number of aromatic nitrogens is 3. The average molecular weight is 286 g/mol. The monoisotopic (exact) mass is 286 g/mol. The molecule has 3 heterocycles. The zero-order valence-corrected chi connectivity index (χ0v) is 12.2. The van der Waals surface area contributed by atoms with E-state index in [0.29, 0.717) is 18.8 Å². The number of nitrogens with zero attached hydrogens (tertiary/aromatic N) is 4. The molecule has 1 atom stereocenters. The summed E-state index contributed by atoms with van der Waals surface area (Å²) in [5.74, 6) is 1.68. The average Bonchev–Trinajstić information content (AvgIpc) is 3.16. The van der Waals surface area contributed by atoms with Crippen molar-refractivity contribution in [3.63, 3.8) is 0 Å². The zero-order chi connectivity index (χ0) is 14.8. The van der Waals surface area contributed by atoms with Crippen molar-refractivity contribution in [3.05, 3.63) is 41.3 Å². The van der Waals surface area contributed by atoms with Gasteiger partial charge in [0.2, 0.25) is 0 Å². The SMILES string of the molecule is CCc1cc(C(=O)N2CC[C@@H](c3nccc(C)n3)C2)no1. The molecule has 0 radical (unpaired) electrons. The van der Waals surface area contributed by atoms with Crippen molar-refractivity contribution >= 4 is 5.91 Å². The first kappa shape index (κ1) is 13.7. The van der Waals surface area contributed by atoms with Gasteiger partial charge in [-0.25, -0.2) is 9.97 Å². The molecule has 110 valence electrons. The fraction of sp³-hybridized carbons (Fsp3) is 0.467. The van der Waals surface area contributed by atoms with Gasteiger partial charge in [0.05, 0.1) is 0 Å². The summed E-state index contributed by atoms with van der Waals surface area (Å²) in [5.41, 5.74) is 1.34. The van der Waals surface area contributed by atoms with Crippen LogP contribution in [-0.2, 0) is 6.42 Å². The molecule has 0 saturated carbocycles. The van der Waals surface area contributed by atoms with Crippen molar-refractivity contribution in [2.24, 2.45) is 0 Å². The summed E-state index contributed by atoms with van der Waals surface area (Å²) < 4.78 is 5.10. The summed E-state index contributed by atoms with van der Waals surface area (Å²) in [6.45, 7) is 5.26. The van der Waals surface area contributed by atoms with E-state index in [9.17, 15) is 4.79 Å². The van der Waals surface area contributed by atoms with Crippen molar-refractivity contribution in [1.29, 1.82) is 0 Å². The number of hydrogen-bond donors (Lipinski definition) is 0. The Morgan fingerprint density at radius 2 is 2.38 bits per heavy atom. The van der Waals surface area contributed by atoms with Crippen molar-refractivity contribution in [1.82, 2.24) is 20.0 Å². The molecule has 1 aliphatic heterocycles. The molecule has 2 aromatic rings. The number of amides is 1. The number of hydrogen-bond acceptors (Lipinski definition) is 5. The topological polar surface area (TPSA) is 72.1 Å². The Balaban J connectivity index is 1.70. The van der Waals surface area contributed by atoms with Crippen molar-refractivity contribution in [2.45, 2.75) is 32.6 Å². The van der Waals surface area contributed by atoms with Crippen LogP contribution in [0.3, 0.4) is 0 Å². The second-order valence-corrected chi connectivity index (χ2v) is 5.33. The van der Waals surface area contributed by atoms with Gasteiger partial charge in [0.25, 0.3) is 5.91 Å². The Morgan fingerprint density at radius 1 is 1.52 bits per heavy atom. The molecule has 0 N–H and O–H groups in total. The van der Waals surface area contributed by atoms with E-state index >= 15 is 0 Å². The quantitative estimate of drug-likeness (QED) is 0.862. The van der Waals surface area contributed by atoms with E-state index in [4.69, 9.17) is 4.52 Å². The molecule has 1 aliphatic rings. The number of rotatable bonds is 3. The molecule has 0 unspecified atom stereocenters. The van der Waals surface area contributed by atoms with Gasteiger partial charge in [0.15, 0.2) is 5.69 Å². The van der Waals surface area contributed by atoms with Crippen molar-refractivity contribution in [2.75, 3.05) is 13.1 Å². The molecule has 1 amide bonds. The maximum absolute atomic E-state index is 12.4. The highest BCUT2D eigenvalue weighted by Gasteiger charge is 2.30. The Labute approximate surface area is 123 Å². The lowest BCUT2D eigenvalue weighted by Gasteiger charge is -2.14. The summed E-state index contributed by atoms with van der Waals surface area (Å²) in [6.07, 6.45) is 3.39. The Kier molecular flexibility index (Phi) is 3.68. The number of aryl methyl sites for hydroxylation is 2. The van der Waals surface area contributed by atoms with Gasteiger partial charge in [-0.05, 0) is 19.4 Å². The van der Waals surface area contributed by atoms with Gasteiger partial charge >= 0.3 is 0 Å². The molecular formula is C15H18N4O2. The van der Waals surface area contributed by atoms with E-state index in [0.717, 1.165) is 30.1 Å². The fourth-order valence-corrected chi connectivity index (χ4v) is 2.56. The van der Waals surface area contributed by atoms with Crippen LogP contribution in [0.2, 0.25) is 0 Å². The van der Waals surface area contributed by atoms with Gasteiger partial charge in [-0.1, -0.05) is 12.1 Å². The van der Waals surface area contributed by atoms with Gasteiger partial charge in [-0.2, -0.15) is 0 Å². The first-order valence-corrected chi connectivity index (χ1v) is 7.21. The molecule has 2 aromatic heterocycles. The van der Waals surface area contributed by atoms with E-state index in [1.54, 1.807) is 17.2 Å². The van der Waals surface area contributed by atoms with Crippen LogP contribution >= 0.6 is 0 Å². The standard InChI is InChI=1S/C15H18N4O2/c1-3-12-8-13(18-21-12)15(20)19-7-5-11(9-19)14-16-6-4-10(2)17-14/h4,6,8,11H,3,5,7,9H2,1-2H3/t11-/m1/s1. The number of likely N-dealkylation sites (tertiary alicyclic amines) is 1. The Morgan fingerprint density at radius 3 is 3.10 bits per heavy atom. The molecule has 1 fully saturated rings. The third-order valence-electron chi connectivity index (χ3n) is 3.78. The van der Waals surface area contributed by atoms with E-state index in [1.165, 1.54) is 0 Å². The third-order valence-corrected chi connectivity index (χ3v) is 3.78. The molecule has 6 nitrogen and oxygen atoms in total. The minimum atomic E-state index is -0.0754.